The quantitative estimate of drug-likeness (QED) is 0.642. The van der Waals surface area contributed by atoms with Crippen molar-refractivity contribution in [1.29, 1.82) is 0 Å². The number of carbonyl (C=O) groups is 1. The van der Waals surface area contributed by atoms with Crippen LogP contribution < -0.4 is 4.72 Å². The number of sulfonamides is 1. The van der Waals surface area contributed by atoms with E-state index >= 15 is 0 Å². The van der Waals surface area contributed by atoms with E-state index in [0.717, 1.165) is 19.3 Å². The standard InChI is InChI=1S/C18H26N4O5S/c1-13-16(28(24,25)20-7-6-10-26-2)11-15(27-13)17-14(12-19-21-17)18(23)22-8-4-3-5-9-22/h11-12,20H,3-10H2,1-2H3,(H,19,21). The first kappa shape index (κ1) is 20.6. The molecule has 9 nitrogen and oxygen atoms in total. The molecule has 3 heterocycles. The number of methoxy groups -OCH3 is 1. The van der Waals surface area contributed by atoms with E-state index in [4.69, 9.17) is 9.15 Å². The molecule has 2 N–H and O–H groups in total. The van der Waals surface area contributed by atoms with Gasteiger partial charge in [-0.05, 0) is 32.6 Å². The summed E-state index contributed by atoms with van der Waals surface area (Å²) in [6.07, 6.45) is 5.11. The average molecular weight is 410 g/mol. The fraction of sp³-hybridized carbons (Fsp3) is 0.556. The van der Waals surface area contributed by atoms with Crippen LogP contribution in [0.25, 0.3) is 11.5 Å². The van der Waals surface area contributed by atoms with Crippen molar-refractivity contribution in [3.63, 3.8) is 0 Å². The highest BCUT2D eigenvalue weighted by Crippen LogP contribution is 2.30. The van der Waals surface area contributed by atoms with Crippen molar-refractivity contribution in [2.45, 2.75) is 37.5 Å². The molecule has 2 aromatic heterocycles. The number of piperidine rings is 1. The van der Waals surface area contributed by atoms with E-state index < -0.39 is 10.0 Å². The second kappa shape index (κ2) is 8.89. The minimum atomic E-state index is -3.72. The molecule has 0 radical (unpaired) electrons. The molecule has 154 valence electrons. The number of carbonyl (C=O) groups excluding carboxylic acids is 1. The van der Waals surface area contributed by atoms with Crippen molar-refractivity contribution >= 4 is 15.9 Å². The molecular weight excluding hydrogens is 384 g/mol. The van der Waals surface area contributed by atoms with Gasteiger partial charge in [0.25, 0.3) is 5.91 Å². The van der Waals surface area contributed by atoms with E-state index in [-0.39, 0.29) is 28.9 Å². The third-order valence-corrected chi connectivity index (χ3v) is 6.31. The molecule has 0 unspecified atom stereocenters. The van der Waals surface area contributed by atoms with Crippen molar-refractivity contribution in [3.8, 4) is 11.5 Å². The maximum absolute atomic E-state index is 12.8. The zero-order chi connectivity index (χ0) is 20.1. The van der Waals surface area contributed by atoms with Crippen LogP contribution in [0.5, 0.6) is 0 Å². The lowest BCUT2D eigenvalue weighted by atomic mass is 10.1. The summed E-state index contributed by atoms with van der Waals surface area (Å²) in [5.74, 6) is 0.396. The Morgan fingerprint density at radius 3 is 2.82 bits per heavy atom. The Labute approximate surface area is 164 Å². The molecule has 1 amide bonds. The Hall–Kier alpha value is -2.17. The summed E-state index contributed by atoms with van der Waals surface area (Å²) in [6, 6.07) is 1.43. The Morgan fingerprint density at radius 1 is 1.36 bits per heavy atom. The molecule has 1 aliphatic rings. The number of hydrogen-bond acceptors (Lipinski definition) is 6. The van der Waals surface area contributed by atoms with Crippen LogP contribution in [-0.4, -0.2) is 62.8 Å². The van der Waals surface area contributed by atoms with E-state index in [2.05, 4.69) is 14.9 Å². The Balaban J connectivity index is 1.82. The van der Waals surface area contributed by atoms with Gasteiger partial charge in [-0.2, -0.15) is 5.10 Å². The van der Waals surface area contributed by atoms with Gasteiger partial charge in [-0.15, -0.1) is 0 Å². The largest absolute Gasteiger partial charge is 0.458 e. The van der Waals surface area contributed by atoms with Crippen molar-refractivity contribution < 1.29 is 22.4 Å². The number of H-pyrrole nitrogens is 1. The van der Waals surface area contributed by atoms with Gasteiger partial charge >= 0.3 is 0 Å². The van der Waals surface area contributed by atoms with Gasteiger partial charge < -0.3 is 14.1 Å². The number of likely N-dealkylation sites (tertiary alicyclic amines) is 1. The number of rotatable bonds is 8. The van der Waals surface area contributed by atoms with Crippen molar-refractivity contribution in [3.05, 3.63) is 23.6 Å². The summed E-state index contributed by atoms with van der Waals surface area (Å²) in [5.41, 5.74) is 0.771. The van der Waals surface area contributed by atoms with Crippen LogP contribution in [0.1, 0.15) is 41.8 Å². The number of nitrogens with zero attached hydrogens (tertiary/aromatic N) is 2. The van der Waals surface area contributed by atoms with Gasteiger partial charge in [0.2, 0.25) is 10.0 Å². The van der Waals surface area contributed by atoms with Gasteiger partial charge in [-0.3, -0.25) is 9.89 Å². The third kappa shape index (κ3) is 4.45. The molecule has 3 rings (SSSR count). The molecule has 2 aromatic rings. The number of hydrogen-bond donors (Lipinski definition) is 2. The molecular formula is C18H26N4O5S. The molecule has 10 heteroatoms. The number of nitrogens with one attached hydrogen (secondary N) is 2. The number of amides is 1. The summed E-state index contributed by atoms with van der Waals surface area (Å²) in [6.45, 7) is 3.74. The minimum Gasteiger partial charge on any atom is -0.458 e. The van der Waals surface area contributed by atoms with Crippen LogP contribution in [0.15, 0.2) is 21.6 Å². The Bertz CT molecular complexity index is 912. The molecule has 0 bridgehead atoms. The lowest BCUT2D eigenvalue weighted by Crippen LogP contribution is -2.35. The van der Waals surface area contributed by atoms with Crippen molar-refractivity contribution in [2.24, 2.45) is 0 Å². The Kier molecular flexibility index (Phi) is 6.53. The molecule has 0 aliphatic carbocycles. The van der Waals surface area contributed by atoms with E-state index in [0.29, 0.717) is 37.4 Å². The van der Waals surface area contributed by atoms with Crippen LogP contribution in [0.3, 0.4) is 0 Å². The molecule has 1 aliphatic heterocycles. The first-order valence-electron chi connectivity index (χ1n) is 9.36. The van der Waals surface area contributed by atoms with Crippen molar-refractivity contribution in [2.75, 3.05) is 33.4 Å². The van der Waals surface area contributed by atoms with Gasteiger partial charge in [0.05, 0.1) is 11.8 Å². The van der Waals surface area contributed by atoms with Gasteiger partial charge in [0.15, 0.2) is 5.76 Å². The number of aryl methyl sites for hydroxylation is 1. The predicted molar refractivity (Wildman–Crippen MR) is 102 cm³/mol. The zero-order valence-corrected chi connectivity index (χ0v) is 17.0. The first-order chi connectivity index (χ1) is 13.4. The molecule has 1 fully saturated rings. The number of furan rings is 1. The van der Waals surface area contributed by atoms with Gasteiger partial charge in [-0.1, -0.05) is 0 Å². The summed E-state index contributed by atoms with van der Waals surface area (Å²) in [4.78, 5) is 14.7. The average Bonchev–Trinajstić information content (AvgIpc) is 3.32. The fourth-order valence-electron chi connectivity index (χ4n) is 3.26. The summed E-state index contributed by atoms with van der Waals surface area (Å²) in [5, 5.41) is 6.75. The van der Waals surface area contributed by atoms with Crippen molar-refractivity contribution in [1.82, 2.24) is 19.8 Å². The lowest BCUT2D eigenvalue weighted by Gasteiger charge is -2.26. The molecule has 0 saturated carbocycles. The van der Waals surface area contributed by atoms with Crippen LogP contribution in [0.4, 0.5) is 0 Å². The molecule has 0 spiro atoms. The first-order valence-corrected chi connectivity index (χ1v) is 10.8. The van der Waals surface area contributed by atoms with E-state index in [9.17, 15) is 13.2 Å². The summed E-state index contributed by atoms with van der Waals surface area (Å²) >= 11 is 0. The van der Waals surface area contributed by atoms with Crippen LogP contribution in [0, 0.1) is 6.92 Å². The second-order valence-corrected chi connectivity index (χ2v) is 8.52. The van der Waals surface area contributed by atoms with Crippen LogP contribution >= 0.6 is 0 Å². The smallest absolute Gasteiger partial charge is 0.257 e. The highest BCUT2D eigenvalue weighted by molar-refractivity contribution is 7.89. The summed E-state index contributed by atoms with van der Waals surface area (Å²) in [7, 11) is -2.16. The van der Waals surface area contributed by atoms with Gasteiger partial charge in [0, 0.05) is 39.4 Å². The zero-order valence-electron chi connectivity index (χ0n) is 16.2. The summed E-state index contributed by atoms with van der Waals surface area (Å²) < 4.78 is 38.2. The topological polar surface area (TPSA) is 118 Å². The minimum absolute atomic E-state index is 0.0471. The van der Waals surface area contributed by atoms with E-state index in [1.807, 2.05) is 0 Å². The SMILES string of the molecule is COCCCNS(=O)(=O)c1cc(-c2[nH]ncc2C(=O)N2CCCCC2)oc1C. The third-order valence-electron chi connectivity index (χ3n) is 4.74. The molecule has 0 aromatic carbocycles. The normalized spacial score (nSPS) is 15.1. The number of aromatic nitrogens is 2. The van der Waals surface area contributed by atoms with Gasteiger partial charge in [0.1, 0.15) is 16.3 Å². The highest BCUT2D eigenvalue weighted by atomic mass is 32.2. The predicted octanol–water partition coefficient (Wildman–Crippen LogP) is 1.92. The maximum Gasteiger partial charge on any atom is 0.257 e. The highest BCUT2D eigenvalue weighted by Gasteiger charge is 2.27. The molecule has 28 heavy (non-hydrogen) atoms. The number of aromatic amines is 1. The van der Waals surface area contributed by atoms with E-state index in [1.165, 1.54) is 12.3 Å². The fourth-order valence-corrected chi connectivity index (χ4v) is 4.51. The molecule has 0 atom stereocenters. The van der Waals surface area contributed by atoms with Gasteiger partial charge in [-0.25, -0.2) is 13.1 Å². The Morgan fingerprint density at radius 2 is 2.11 bits per heavy atom. The molecule has 1 saturated heterocycles. The second-order valence-electron chi connectivity index (χ2n) is 6.79. The number of ether oxygens (including phenoxy) is 1. The lowest BCUT2D eigenvalue weighted by molar-refractivity contribution is 0.0725. The maximum atomic E-state index is 12.8. The van der Waals surface area contributed by atoms with Crippen LogP contribution in [-0.2, 0) is 14.8 Å². The van der Waals surface area contributed by atoms with Crippen LogP contribution in [0.2, 0.25) is 0 Å². The monoisotopic (exact) mass is 410 g/mol. The van der Waals surface area contributed by atoms with E-state index in [1.54, 1.807) is 18.9 Å².